The monoisotopic (exact) mass is 278 g/mol. The van der Waals surface area contributed by atoms with Crippen LogP contribution in [0.3, 0.4) is 0 Å². The molecule has 1 atom stereocenters. The molecule has 1 N–H and O–H groups in total. The topological polar surface area (TPSA) is 53.6 Å². The normalized spacial score (nSPS) is 22.0. The zero-order valence-corrected chi connectivity index (χ0v) is 12.2. The van der Waals surface area contributed by atoms with E-state index in [0.29, 0.717) is 23.5 Å². The maximum absolute atomic E-state index is 9.71. The summed E-state index contributed by atoms with van der Waals surface area (Å²) >= 11 is 6.20. The Morgan fingerprint density at radius 2 is 2.11 bits per heavy atom. The van der Waals surface area contributed by atoms with Crippen LogP contribution in [0.1, 0.15) is 37.1 Å². The number of hydrogen-bond donors (Lipinski definition) is 1. The summed E-state index contributed by atoms with van der Waals surface area (Å²) in [6.45, 7) is 4.48. The molecular formula is C14H19ClN4. The van der Waals surface area contributed by atoms with Gasteiger partial charge in [-0.3, -0.25) is 10.00 Å². The van der Waals surface area contributed by atoms with E-state index in [1.165, 1.54) is 12.8 Å². The second kappa shape index (κ2) is 4.50. The second-order valence-electron chi connectivity index (χ2n) is 5.92. The molecule has 0 spiro atoms. The summed E-state index contributed by atoms with van der Waals surface area (Å²) in [5, 5.41) is 18.5. The molecule has 0 saturated heterocycles. The van der Waals surface area contributed by atoms with Gasteiger partial charge in [-0.1, -0.05) is 11.6 Å². The zero-order chi connectivity index (χ0) is 13.6. The third kappa shape index (κ3) is 2.37. The molecule has 1 aromatic heterocycles. The molecule has 102 valence electrons. The van der Waals surface area contributed by atoms with Crippen molar-refractivity contribution in [2.24, 2.45) is 5.92 Å². The van der Waals surface area contributed by atoms with Gasteiger partial charge in [0.05, 0.1) is 29.0 Å². The van der Waals surface area contributed by atoms with Crippen molar-refractivity contribution in [1.82, 2.24) is 15.1 Å². The molecule has 2 aliphatic carbocycles. The summed E-state index contributed by atoms with van der Waals surface area (Å²) in [6.07, 6.45) is 4.66. The standard InChI is InChI=1S/C14H19ClN4/c1-9-13(15)10(2)19(18-9)8-14(7-16,11-3-4-11)17-12-5-6-12/h11-12,17H,3-6,8H2,1-2H3. The Bertz CT molecular complexity index is 536. The van der Waals surface area contributed by atoms with Crippen molar-refractivity contribution in [3.05, 3.63) is 16.4 Å². The molecule has 1 heterocycles. The first-order chi connectivity index (χ1) is 9.05. The van der Waals surface area contributed by atoms with Gasteiger partial charge < -0.3 is 0 Å². The molecular weight excluding hydrogens is 260 g/mol. The molecule has 0 aromatic carbocycles. The van der Waals surface area contributed by atoms with E-state index in [9.17, 15) is 5.26 Å². The van der Waals surface area contributed by atoms with Gasteiger partial charge in [0.1, 0.15) is 5.54 Å². The highest BCUT2D eigenvalue weighted by Gasteiger charge is 2.49. The fraction of sp³-hybridized carbons (Fsp3) is 0.714. The molecule has 2 aliphatic rings. The van der Waals surface area contributed by atoms with Gasteiger partial charge in [0.25, 0.3) is 0 Å². The Hall–Kier alpha value is -1.05. The molecule has 5 heteroatoms. The molecule has 2 fully saturated rings. The van der Waals surface area contributed by atoms with Gasteiger partial charge in [-0.05, 0) is 45.4 Å². The first kappa shape index (κ1) is 13.0. The lowest BCUT2D eigenvalue weighted by molar-refractivity contribution is 0.299. The van der Waals surface area contributed by atoms with E-state index in [0.717, 1.165) is 24.2 Å². The van der Waals surface area contributed by atoms with E-state index in [1.54, 1.807) is 0 Å². The first-order valence-electron chi connectivity index (χ1n) is 6.94. The molecule has 0 aliphatic heterocycles. The van der Waals surface area contributed by atoms with Crippen LogP contribution in [-0.2, 0) is 6.54 Å². The van der Waals surface area contributed by atoms with Crippen molar-refractivity contribution in [2.45, 2.75) is 57.7 Å². The van der Waals surface area contributed by atoms with E-state index in [2.05, 4.69) is 16.5 Å². The molecule has 19 heavy (non-hydrogen) atoms. The first-order valence-corrected chi connectivity index (χ1v) is 7.32. The van der Waals surface area contributed by atoms with Gasteiger partial charge in [-0.2, -0.15) is 10.4 Å². The Morgan fingerprint density at radius 3 is 2.53 bits per heavy atom. The number of nitriles is 1. The van der Waals surface area contributed by atoms with Crippen LogP contribution < -0.4 is 5.32 Å². The van der Waals surface area contributed by atoms with Gasteiger partial charge >= 0.3 is 0 Å². The minimum atomic E-state index is -0.465. The van der Waals surface area contributed by atoms with E-state index in [1.807, 2.05) is 18.5 Å². The maximum Gasteiger partial charge on any atom is 0.129 e. The summed E-state index contributed by atoms with van der Waals surface area (Å²) in [7, 11) is 0. The zero-order valence-electron chi connectivity index (χ0n) is 11.4. The Morgan fingerprint density at radius 1 is 1.42 bits per heavy atom. The van der Waals surface area contributed by atoms with Crippen LogP contribution in [0.15, 0.2) is 0 Å². The quantitative estimate of drug-likeness (QED) is 0.901. The lowest BCUT2D eigenvalue weighted by Gasteiger charge is -2.28. The molecule has 4 nitrogen and oxygen atoms in total. The van der Waals surface area contributed by atoms with Crippen LogP contribution in [0.5, 0.6) is 0 Å². The van der Waals surface area contributed by atoms with Gasteiger partial charge in [-0.15, -0.1) is 0 Å². The van der Waals surface area contributed by atoms with E-state index in [-0.39, 0.29) is 0 Å². The van der Waals surface area contributed by atoms with Gasteiger partial charge in [0, 0.05) is 6.04 Å². The molecule has 0 bridgehead atoms. The van der Waals surface area contributed by atoms with Crippen molar-refractivity contribution in [2.75, 3.05) is 0 Å². The van der Waals surface area contributed by atoms with Crippen LogP contribution in [0.2, 0.25) is 5.02 Å². The van der Waals surface area contributed by atoms with E-state index in [4.69, 9.17) is 11.6 Å². The number of aryl methyl sites for hydroxylation is 1. The van der Waals surface area contributed by atoms with Crippen LogP contribution >= 0.6 is 11.6 Å². The highest BCUT2D eigenvalue weighted by atomic mass is 35.5. The average molecular weight is 279 g/mol. The molecule has 3 rings (SSSR count). The summed E-state index contributed by atoms with van der Waals surface area (Å²) in [5.41, 5.74) is 1.33. The molecule has 1 unspecified atom stereocenters. The summed E-state index contributed by atoms with van der Waals surface area (Å²) in [4.78, 5) is 0. The Kier molecular flexibility index (Phi) is 3.07. The maximum atomic E-state index is 9.71. The third-order valence-corrected chi connectivity index (χ3v) is 4.75. The van der Waals surface area contributed by atoms with E-state index >= 15 is 0 Å². The van der Waals surface area contributed by atoms with Crippen LogP contribution in [0.4, 0.5) is 0 Å². The van der Waals surface area contributed by atoms with Gasteiger partial charge in [0.15, 0.2) is 0 Å². The predicted molar refractivity (Wildman–Crippen MR) is 73.9 cm³/mol. The summed E-state index contributed by atoms with van der Waals surface area (Å²) in [6, 6.07) is 3.06. The number of hydrogen-bond acceptors (Lipinski definition) is 3. The number of aromatic nitrogens is 2. The lowest BCUT2D eigenvalue weighted by Crippen LogP contribution is -2.51. The largest absolute Gasteiger partial charge is 0.295 e. The van der Waals surface area contributed by atoms with Crippen molar-refractivity contribution in [1.29, 1.82) is 5.26 Å². The molecule has 2 saturated carbocycles. The fourth-order valence-electron chi connectivity index (χ4n) is 2.68. The highest BCUT2D eigenvalue weighted by Crippen LogP contribution is 2.42. The van der Waals surface area contributed by atoms with Crippen LogP contribution in [-0.4, -0.2) is 21.4 Å². The summed E-state index contributed by atoms with van der Waals surface area (Å²) < 4.78 is 1.90. The van der Waals surface area contributed by atoms with Crippen molar-refractivity contribution in [3.63, 3.8) is 0 Å². The van der Waals surface area contributed by atoms with Gasteiger partial charge in [-0.25, -0.2) is 0 Å². The van der Waals surface area contributed by atoms with Gasteiger partial charge in [0.2, 0.25) is 0 Å². The van der Waals surface area contributed by atoms with Crippen molar-refractivity contribution < 1.29 is 0 Å². The number of nitrogens with one attached hydrogen (secondary N) is 1. The van der Waals surface area contributed by atoms with Crippen molar-refractivity contribution >= 4 is 11.6 Å². The smallest absolute Gasteiger partial charge is 0.129 e. The Labute approximate surface area is 118 Å². The number of halogens is 1. The van der Waals surface area contributed by atoms with Crippen LogP contribution in [0.25, 0.3) is 0 Å². The lowest BCUT2D eigenvalue weighted by atomic mass is 9.94. The number of nitrogens with zero attached hydrogens (tertiary/aromatic N) is 3. The molecule has 0 amide bonds. The SMILES string of the molecule is Cc1nn(CC(C#N)(NC2CC2)C2CC2)c(C)c1Cl. The summed E-state index contributed by atoms with van der Waals surface area (Å²) in [5.74, 6) is 0.459. The molecule has 0 radical (unpaired) electrons. The number of rotatable bonds is 5. The molecule has 1 aromatic rings. The van der Waals surface area contributed by atoms with Crippen molar-refractivity contribution in [3.8, 4) is 6.07 Å². The average Bonchev–Trinajstić information content (AvgIpc) is 3.26. The predicted octanol–water partition coefficient (Wildman–Crippen LogP) is 2.58. The third-order valence-electron chi connectivity index (χ3n) is 4.21. The fourth-order valence-corrected chi connectivity index (χ4v) is 2.82. The minimum absolute atomic E-state index is 0.459. The Balaban J connectivity index is 1.87. The second-order valence-corrected chi connectivity index (χ2v) is 6.30. The van der Waals surface area contributed by atoms with E-state index < -0.39 is 5.54 Å². The van der Waals surface area contributed by atoms with Crippen LogP contribution in [0, 0.1) is 31.1 Å². The minimum Gasteiger partial charge on any atom is -0.295 e. The highest BCUT2D eigenvalue weighted by molar-refractivity contribution is 6.31.